The van der Waals surface area contributed by atoms with Gasteiger partial charge in [0.25, 0.3) is 0 Å². The lowest BCUT2D eigenvalue weighted by Crippen LogP contribution is -2.34. The molecule has 0 saturated carbocycles. The van der Waals surface area contributed by atoms with Crippen molar-refractivity contribution in [2.24, 2.45) is 0 Å². The largest absolute Gasteiger partial charge is 0.394 e. The summed E-state index contributed by atoms with van der Waals surface area (Å²) in [6, 6.07) is 14.1. The fourth-order valence-corrected chi connectivity index (χ4v) is 4.28. The summed E-state index contributed by atoms with van der Waals surface area (Å²) in [7, 11) is 0. The SMILES string of the molecule is OCC1CCCN1c1nc(Nc2cn(-c3cnc4ccccc4c3)cn2)c2cccn2n1. The first-order chi connectivity index (χ1) is 15.8. The van der Waals surface area contributed by atoms with Gasteiger partial charge >= 0.3 is 0 Å². The molecule has 1 fully saturated rings. The third-order valence-corrected chi connectivity index (χ3v) is 5.93. The van der Waals surface area contributed by atoms with E-state index < -0.39 is 0 Å². The quantitative estimate of drug-likeness (QED) is 0.446. The number of nitrogens with zero attached hydrogens (tertiary/aromatic N) is 7. The number of benzene rings is 1. The predicted octanol–water partition coefficient (Wildman–Crippen LogP) is 3.17. The lowest BCUT2D eigenvalue weighted by molar-refractivity contribution is 0.265. The Labute approximate surface area is 184 Å². The molecule has 1 unspecified atom stereocenters. The van der Waals surface area contributed by atoms with Gasteiger partial charge in [0.2, 0.25) is 5.95 Å². The number of aromatic nitrogens is 6. The Balaban J connectivity index is 1.33. The van der Waals surface area contributed by atoms with Crippen LogP contribution in [0.5, 0.6) is 0 Å². The van der Waals surface area contributed by atoms with Gasteiger partial charge in [-0.15, -0.1) is 5.10 Å². The molecule has 0 spiro atoms. The molecule has 5 heterocycles. The lowest BCUT2D eigenvalue weighted by Gasteiger charge is -2.23. The number of nitrogens with one attached hydrogen (secondary N) is 1. The van der Waals surface area contributed by atoms with E-state index >= 15 is 0 Å². The Bertz CT molecular complexity index is 1410. The van der Waals surface area contributed by atoms with Crippen LogP contribution in [0, 0.1) is 0 Å². The maximum absolute atomic E-state index is 9.72. The van der Waals surface area contributed by atoms with Crippen molar-refractivity contribution >= 4 is 34.0 Å². The molecule has 4 aromatic heterocycles. The average Bonchev–Trinajstić information content (AvgIpc) is 3.58. The number of para-hydroxylation sites is 1. The highest BCUT2D eigenvalue weighted by molar-refractivity contribution is 5.80. The third-order valence-electron chi connectivity index (χ3n) is 5.93. The number of imidazole rings is 1. The van der Waals surface area contributed by atoms with E-state index in [1.165, 1.54) is 0 Å². The van der Waals surface area contributed by atoms with Crippen LogP contribution < -0.4 is 10.2 Å². The molecule has 1 aliphatic rings. The normalized spacial score (nSPS) is 16.3. The molecule has 1 aliphatic heterocycles. The average molecular weight is 426 g/mol. The minimum absolute atomic E-state index is 0.0514. The van der Waals surface area contributed by atoms with Crippen molar-refractivity contribution in [3.05, 3.63) is 67.4 Å². The van der Waals surface area contributed by atoms with Crippen LogP contribution in [0.4, 0.5) is 17.6 Å². The molecule has 160 valence electrons. The maximum atomic E-state index is 9.72. The van der Waals surface area contributed by atoms with E-state index in [1.807, 2.05) is 64.1 Å². The predicted molar refractivity (Wildman–Crippen MR) is 123 cm³/mol. The van der Waals surface area contributed by atoms with Crippen molar-refractivity contribution in [1.82, 2.24) is 29.1 Å². The summed E-state index contributed by atoms with van der Waals surface area (Å²) in [5.74, 6) is 1.95. The molecule has 0 aliphatic carbocycles. The van der Waals surface area contributed by atoms with Gasteiger partial charge in [-0.05, 0) is 37.1 Å². The summed E-state index contributed by atoms with van der Waals surface area (Å²) in [6.45, 7) is 0.932. The number of anilines is 3. The fraction of sp³-hybridized carbons (Fsp3) is 0.217. The van der Waals surface area contributed by atoms with Crippen LogP contribution in [0.15, 0.2) is 67.4 Å². The number of hydrogen-bond donors (Lipinski definition) is 2. The second-order valence-electron chi connectivity index (χ2n) is 7.95. The molecule has 9 heteroatoms. The van der Waals surface area contributed by atoms with E-state index in [1.54, 1.807) is 6.33 Å². The van der Waals surface area contributed by atoms with Gasteiger partial charge in [0.05, 0.1) is 36.2 Å². The zero-order valence-corrected chi connectivity index (χ0v) is 17.3. The maximum Gasteiger partial charge on any atom is 0.245 e. The standard InChI is InChI=1S/C23H22N8O/c32-14-17-6-3-9-30(17)23-27-22(20-8-4-10-31(20)28-23)26-21-13-29(15-25-21)18-11-16-5-1-2-7-19(16)24-12-18/h1-2,4-5,7-8,10-13,15,17,32H,3,6,9,14H2,(H,26,27,28). The van der Waals surface area contributed by atoms with Crippen LogP contribution in [-0.4, -0.2) is 53.4 Å². The highest BCUT2D eigenvalue weighted by Crippen LogP contribution is 2.27. The number of hydrogen-bond acceptors (Lipinski definition) is 7. The summed E-state index contributed by atoms with van der Waals surface area (Å²) in [4.78, 5) is 15.9. The number of fused-ring (bicyclic) bond motifs is 2. The zero-order valence-electron chi connectivity index (χ0n) is 17.3. The number of rotatable bonds is 5. The van der Waals surface area contributed by atoms with Gasteiger partial charge in [0.15, 0.2) is 5.82 Å². The molecular weight excluding hydrogens is 404 g/mol. The van der Waals surface area contributed by atoms with Gasteiger partial charge < -0.3 is 19.9 Å². The van der Waals surface area contributed by atoms with E-state index in [0.717, 1.165) is 41.5 Å². The number of aliphatic hydroxyl groups excluding tert-OH is 1. The van der Waals surface area contributed by atoms with Gasteiger partial charge in [-0.3, -0.25) is 4.98 Å². The van der Waals surface area contributed by atoms with Crippen molar-refractivity contribution in [2.75, 3.05) is 23.4 Å². The van der Waals surface area contributed by atoms with Crippen molar-refractivity contribution in [3.63, 3.8) is 0 Å². The fourth-order valence-electron chi connectivity index (χ4n) is 4.28. The van der Waals surface area contributed by atoms with Gasteiger partial charge in [-0.25, -0.2) is 9.50 Å². The Morgan fingerprint density at radius 3 is 3.00 bits per heavy atom. The molecule has 2 N–H and O–H groups in total. The van der Waals surface area contributed by atoms with Gasteiger partial charge in [-0.1, -0.05) is 18.2 Å². The molecule has 1 aromatic carbocycles. The van der Waals surface area contributed by atoms with Crippen LogP contribution in [0.25, 0.3) is 22.1 Å². The highest BCUT2D eigenvalue weighted by Gasteiger charge is 2.27. The molecule has 5 aromatic rings. The first kappa shape index (κ1) is 18.8. The molecule has 9 nitrogen and oxygen atoms in total. The van der Waals surface area contributed by atoms with Gasteiger partial charge in [0.1, 0.15) is 17.7 Å². The lowest BCUT2D eigenvalue weighted by atomic mass is 10.2. The first-order valence-corrected chi connectivity index (χ1v) is 10.7. The first-order valence-electron chi connectivity index (χ1n) is 10.7. The van der Waals surface area contributed by atoms with Crippen LogP contribution in [0.2, 0.25) is 0 Å². The van der Waals surface area contributed by atoms with E-state index in [4.69, 9.17) is 4.98 Å². The van der Waals surface area contributed by atoms with Gasteiger partial charge in [0, 0.05) is 18.1 Å². The third kappa shape index (κ3) is 3.23. The van der Waals surface area contributed by atoms with E-state index in [-0.39, 0.29) is 12.6 Å². The van der Waals surface area contributed by atoms with Crippen molar-refractivity contribution in [1.29, 1.82) is 0 Å². The summed E-state index contributed by atoms with van der Waals surface area (Å²) in [5, 5.41) is 18.8. The molecule has 0 bridgehead atoms. The summed E-state index contributed by atoms with van der Waals surface area (Å²) in [6.07, 6.45) is 9.37. The molecule has 1 saturated heterocycles. The molecule has 32 heavy (non-hydrogen) atoms. The molecule has 1 atom stereocenters. The van der Waals surface area contributed by atoms with Crippen molar-refractivity contribution in [2.45, 2.75) is 18.9 Å². The monoisotopic (exact) mass is 426 g/mol. The van der Waals surface area contributed by atoms with E-state index in [2.05, 4.69) is 31.3 Å². The summed E-state index contributed by atoms with van der Waals surface area (Å²) >= 11 is 0. The van der Waals surface area contributed by atoms with Crippen LogP contribution in [0.1, 0.15) is 12.8 Å². The second kappa shape index (κ2) is 7.61. The Hall–Kier alpha value is -3.98. The number of pyridine rings is 1. The van der Waals surface area contributed by atoms with Crippen LogP contribution >= 0.6 is 0 Å². The van der Waals surface area contributed by atoms with E-state index in [0.29, 0.717) is 17.6 Å². The molecular formula is C23H22N8O. The smallest absolute Gasteiger partial charge is 0.245 e. The summed E-state index contributed by atoms with van der Waals surface area (Å²) < 4.78 is 3.74. The second-order valence-corrected chi connectivity index (χ2v) is 7.95. The molecule has 0 radical (unpaired) electrons. The Morgan fingerprint density at radius 1 is 1.12 bits per heavy atom. The van der Waals surface area contributed by atoms with Crippen molar-refractivity contribution in [3.8, 4) is 5.69 Å². The zero-order chi connectivity index (χ0) is 21.5. The van der Waals surface area contributed by atoms with Crippen LogP contribution in [-0.2, 0) is 0 Å². The topological polar surface area (TPSA) is 96.4 Å². The van der Waals surface area contributed by atoms with Crippen LogP contribution in [0.3, 0.4) is 0 Å². The van der Waals surface area contributed by atoms with Crippen molar-refractivity contribution < 1.29 is 5.11 Å². The Kier molecular flexibility index (Phi) is 4.46. The van der Waals surface area contributed by atoms with Gasteiger partial charge in [-0.2, -0.15) is 4.98 Å². The molecule has 6 rings (SSSR count). The Morgan fingerprint density at radius 2 is 2.06 bits per heavy atom. The highest BCUT2D eigenvalue weighted by atomic mass is 16.3. The minimum atomic E-state index is 0.0514. The number of aliphatic hydroxyl groups is 1. The minimum Gasteiger partial charge on any atom is -0.394 e. The summed E-state index contributed by atoms with van der Waals surface area (Å²) in [5.41, 5.74) is 2.75. The molecule has 0 amide bonds. The van der Waals surface area contributed by atoms with E-state index in [9.17, 15) is 5.11 Å².